The molecule has 1 aliphatic carbocycles. The molecule has 0 spiro atoms. The highest BCUT2D eigenvalue weighted by Crippen LogP contribution is 2.25. The van der Waals surface area contributed by atoms with E-state index in [1.807, 2.05) is 43.3 Å². The Labute approximate surface area is 148 Å². The van der Waals surface area contributed by atoms with Crippen molar-refractivity contribution in [1.29, 1.82) is 0 Å². The van der Waals surface area contributed by atoms with Crippen LogP contribution in [0.15, 0.2) is 42.6 Å². The Morgan fingerprint density at radius 3 is 2.44 bits per heavy atom. The van der Waals surface area contributed by atoms with Crippen molar-refractivity contribution >= 4 is 23.1 Å². The zero-order valence-corrected chi connectivity index (χ0v) is 14.6. The third kappa shape index (κ3) is 4.95. The van der Waals surface area contributed by atoms with Crippen LogP contribution in [0.4, 0.5) is 17.2 Å². The van der Waals surface area contributed by atoms with Crippen LogP contribution >= 0.6 is 0 Å². The van der Waals surface area contributed by atoms with Gasteiger partial charge in [0.1, 0.15) is 11.6 Å². The summed E-state index contributed by atoms with van der Waals surface area (Å²) in [6.07, 6.45) is 7.24. The van der Waals surface area contributed by atoms with Gasteiger partial charge in [-0.3, -0.25) is 4.79 Å². The summed E-state index contributed by atoms with van der Waals surface area (Å²) < 4.78 is 5.43. The average Bonchev–Trinajstić information content (AvgIpc) is 2.66. The molecular weight excluding hydrogens is 314 g/mol. The molecule has 5 heteroatoms. The largest absolute Gasteiger partial charge is 0.494 e. The first-order valence-corrected chi connectivity index (χ1v) is 9.01. The Morgan fingerprint density at radius 2 is 1.80 bits per heavy atom. The van der Waals surface area contributed by atoms with E-state index in [-0.39, 0.29) is 11.8 Å². The van der Waals surface area contributed by atoms with E-state index in [1.165, 1.54) is 6.42 Å². The molecule has 3 rings (SSSR count). The van der Waals surface area contributed by atoms with Crippen LogP contribution in [0.2, 0.25) is 0 Å². The lowest BCUT2D eigenvalue weighted by molar-refractivity contribution is -0.120. The molecule has 0 saturated heterocycles. The zero-order chi connectivity index (χ0) is 17.5. The second-order valence-corrected chi connectivity index (χ2v) is 6.34. The van der Waals surface area contributed by atoms with Crippen LogP contribution in [-0.2, 0) is 4.79 Å². The van der Waals surface area contributed by atoms with E-state index < -0.39 is 0 Å². The minimum absolute atomic E-state index is 0.119. The molecule has 1 saturated carbocycles. The van der Waals surface area contributed by atoms with Crippen LogP contribution in [0.1, 0.15) is 39.0 Å². The minimum atomic E-state index is 0.119. The van der Waals surface area contributed by atoms with Gasteiger partial charge in [0.25, 0.3) is 0 Å². The lowest BCUT2D eigenvalue weighted by atomic mass is 9.88. The predicted molar refractivity (Wildman–Crippen MR) is 100 cm³/mol. The molecule has 0 aliphatic heterocycles. The van der Waals surface area contributed by atoms with E-state index in [0.717, 1.165) is 48.6 Å². The van der Waals surface area contributed by atoms with Crippen molar-refractivity contribution in [3.8, 4) is 5.75 Å². The number of carbonyl (C=O) groups is 1. The summed E-state index contributed by atoms with van der Waals surface area (Å²) in [5.74, 6) is 1.85. The number of hydrogen-bond donors (Lipinski definition) is 2. The lowest BCUT2D eigenvalue weighted by Gasteiger charge is -2.20. The van der Waals surface area contributed by atoms with Crippen LogP contribution in [0.5, 0.6) is 5.75 Å². The number of rotatable bonds is 6. The Morgan fingerprint density at radius 1 is 1.08 bits per heavy atom. The molecule has 5 nitrogen and oxygen atoms in total. The molecule has 1 aromatic carbocycles. The monoisotopic (exact) mass is 339 g/mol. The molecule has 132 valence electrons. The number of hydrogen-bond acceptors (Lipinski definition) is 4. The quantitative estimate of drug-likeness (QED) is 0.798. The molecule has 0 bridgehead atoms. The summed E-state index contributed by atoms with van der Waals surface area (Å²) in [5, 5.41) is 6.22. The van der Waals surface area contributed by atoms with Crippen LogP contribution < -0.4 is 15.4 Å². The van der Waals surface area contributed by atoms with Crippen molar-refractivity contribution < 1.29 is 9.53 Å². The standard InChI is InChI=1S/C20H25N3O2/c1-2-25-18-11-8-16(9-12-18)22-19-13-10-17(14-21-19)23-20(24)15-6-4-3-5-7-15/h8-15H,2-7H2,1H3,(H,21,22)(H,23,24). The second kappa shape index (κ2) is 8.51. The number of aromatic nitrogens is 1. The third-order valence-electron chi connectivity index (χ3n) is 4.44. The fourth-order valence-electron chi connectivity index (χ4n) is 3.10. The van der Waals surface area contributed by atoms with Gasteiger partial charge in [-0.1, -0.05) is 19.3 Å². The number of ether oxygens (including phenoxy) is 1. The summed E-state index contributed by atoms with van der Waals surface area (Å²) in [6, 6.07) is 11.5. The van der Waals surface area contributed by atoms with E-state index in [4.69, 9.17) is 4.74 Å². The first-order valence-electron chi connectivity index (χ1n) is 9.01. The average molecular weight is 339 g/mol. The molecule has 2 N–H and O–H groups in total. The van der Waals surface area contributed by atoms with Crippen molar-refractivity contribution in [3.63, 3.8) is 0 Å². The van der Waals surface area contributed by atoms with Crippen molar-refractivity contribution in [1.82, 2.24) is 4.98 Å². The molecule has 1 heterocycles. The third-order valence-corrected chi connectivity index (χ3v) is 4.44. The highest BCUT2D eigenvalue weighted by Gasteiger charge is 2.20. The molecule has 1 fully saturated rings. The summed E-state index contributed by atoms with van der Waals surface area (Å²) in [4.78, 5) is 16.6. The Kier molecular flexibility index (Phi) is 5.88. The molecule has 2 aromatic rings. The summed E-state index contributed by atoms with van der Waals surface area (Å²) in [6.45, 7) is 2.62. The van der Waals surface area contributed by atoms with Crippen molar-refractivity contribution in [3.05, 3.63) is 42.6 Å². The number of benzene rings is 1. The van der Waals surface area contributed by atoms with E-state index in [2.05, 4.69) is 15.6 Å². The maximum absolute atomic E-state index is 12.3. The van der Waals surface area contributed by atoms with Gasteiger partial charge in [0.05, 0.1) is 18.5 Å². The van der Waals surface area contributed by atoms with Gasteiger partial charge in [-0.25, -0.2) is 4.98 Å². The van der Waals surface area contributed by atoms with Gasteiger partial charge in [0.15, 0.2) is 0 Å². The van der Waals surface area contributed by atoms with E-state index in [9.17, 15) is 4.79 Å². The van der Waals surface area contributed by atoms with Gasteiger partial charge >= 0.3 is 0 Å². The molecule has 25 heavy (non-hydrogen) atoms. The zero-order valence-electron chi connectivity index (χ0n) is 14.6. The van der Waals surface area contributed by atoms with Crippen LogP contribution in [0, 0.1) is 5.92 Å². The molecule has 0 unspecified atom stereocenters. The van der Waals surface area contributed by atoms with E-state index in [0.29, 0.717) is 6.61 Å². The maximum Gasteiger partial charge on any atom is 0.227 e. The predicted octanol–water partition coefficient (Wildman–Crippen LogP) is 4.74. The van der Waals surface area contributed by atoms with Crippen molar-refractivity contribution in [2.45, 2.75) is 39.0 Å². The summed E-state index contributed by atoms with van der Waals surface area (Å²) in [5.41, 5.74) is 1.68. The van der Waals surface area contributed by atoms with Crippen LogP contribution in [-0.4, -0.2) is 17.5 Å². The number of nitrogens with one attached hydrogen (secondary N) is 2. The number of pyridine rings is 1. The molecule has 1 aliphatic rings. The van der Waals surface area contributed by atoms with Gasteiger partial charge in [-0.05, 0) is 56.2 Å². The van der Waals surface area contributed by atoms with E-state index >= 15 is 0 Å². The minimum Gasteiger partial charge on any atom is -0.494 e. The van der Waals surface area contributed by atoms with Gasteiger partial charge in [0.2, 0.25) is 5.91 Å². The summed E-state index contributed by atoms with van der Waals surface area (Å²) >= 11 is 0. The number of carbonyl (C=O) groups excluding carboxylic acids is 1. The molecule has 0 radical (unpaired) electrons. The SMILES string of the molecule is CCOc1ccc(Nc2ccc(NC(=O)C3CCCCC3)cn2)cc1. The first kappa shape index (κ1) is 17.3. The van der Waals surface area contributed by atoms with E-state index in [1.54, 1.807) is 6.20 Å². The normalized spacial score (nSPS) is 14.8. The Hall–Kier alpha value is -2.56. The highest BCUT2D eigenvalue weighted by atomic mass is 16.5. The van der Waals surface area contributed by atoms with Gasteiger partial charge < -0.3 is 15.4 Å². The highest BCUT2D eigenvalue weighted by molar-refractivity contribution is 5.92. The smallest absolute Gasteiger partial charge is 0.227 e. The maximum atomic E-state index is 12.3. The molecular formula is C20H25N3O2. The fourth-order valence-corrected chi connectivity index (χ4v) is 3.10. The molecule has 1 aromatic heterocycles. The summed E-state index contributed by atoms with van der Waals surface area (Å²) in [7, 11) is 0. The molecule has 1 amide bonds. The Bertz CT molecular complexity index is 677. The Balaban J connectivity index is 1.55. The van der Waals surface area contributed by atoms with Crippen LogP contribution in [0.25, 0.3) is 0 Å². The number of amides is 1. The van der Waals surface area contributed by atoms with Gasteiger partial charge in [-0.15, -0.1) is 0 Å². The number of anilines is 3. The van der Waals surface area contributed by atoms with Gasteiger partial charge in [0, 0.05) is 11.6 Å². The topological polar surface area (TPSA) is 63.2 Å². The van der Waals surface area contributed by atoms with Crippen molar-refractivity contribution in [2.75, 3.05) is 17.2 Å². The molecule has 0 atom stereocenters. The fraction of sp³-hybridized carbons (Fsp3) is 0.400. The lowest BCUT2D eigenvalue weighted by Crippen LogP contribution is -2.24. The van der Waals surface area contributed by atoms with Gasteiger partial charge in [-0.2, -0.15) is 0 Å². The number of nitrogens with zero attached hydrogens (tertiary/aromatic N) is 1. The second-order valence-electron chi connectivity index (χ2n) is 6.34. The first-order chi connectivity index (χ1) is 12.2. The van der Waals surface area contributed by atoms with Crippen LogP contribution in [0.3, 0.4) is 0 Å². The van der Waals surface area contributed by atoms with Crippen molar-refractivity contribution in [2.24, 2.45) is 5.92 Å².